The minimum Gasteiger partial charge on any atom is -0.505 e. The monoisotopic (exact) mass is 326 g/mol. The topological polar surface area (TPSA) is 55.9 Å². The third kappa shape index (κ3) is 3.84. The molecule has 0 bridgehead atoms. The van der Waals surface area contributed by atoms with E-state index >= 15 is 0 Å². The van der Waals surface area contributed by atoms with Crippen LogP contribution >= 0.6 is 12.2 Å². The zero-order valence-corrected chi connectivity index (χ0v) is 13.5. The first kappa shape index (κ1) is 15.4. The molecule has 1 aromatic carbocycles. The number of aromatic hydroxyl groups is 1. The second kappa shape index (κ2) is 7.19. The maximum absolute atomic E-state index is 9.60. The first-order valence-electron chi connectivity index (χ1n) is 7.59. The summed E-state index contributed by atoms with van der Waals surface area (Å²) < 4.78 is 4.18. The summed E-state index contributed by atoms with van der Waals surface area (Å²) in [5.41, 5.74) is 1.99. The van der Waals surface area contributed by atoms with Crippen LogP contribution in [0.25, 0.3) is 5.69 Å². The van der Waals surface area contributed by atoms with Gasteiger partial charge in [-0.25, -0.2) is 4.68 Å². The van der Waals surface area contributed by atoms with Crippen LogP contribution in [0.3, 0.4) is 0 Å². The van der Waals surface area contributed by atoms with Crippen LogP contribution in [-0.4, -0.2) is 24.7 Å². The lowest BCUT2D eigenvalue weighted by atomic mass is 10.2. The van der Waals surface area contributed by atoms with Gasteiger partial charge in [0.15, 0.2) is 0 Å². The van der Waals surface area contributed by atoms with Gasteiger partial charge in [0.05, 0.1) is 17.6 Å². The van der Waals surface area contributed by atoms with E-state index in [9.17, 15) is 5.11 Å². The molecule has 0 saturated heterocycles. The predicted octanol–water partition coefficient (Wildman–Crippen LogP) is 3.53. The minimum atomic E-state index is 0.160. The van der Waals surface area contributed by atoms with Crippen molar-refractivity contribution >= 4 is 12.2 Å². The molecule has 2 aromatic heterocycles. The Bertz CT molecular complexity index is 826. The van der Waals surface area contributed by atoms with Crippen LogP contribution in [0.2, 0.25) is 0 Å². The number of pyridine rings is 1. The number of aryl methyl sites for hydroxylation is 2. The number of aromatic nitrogens is 4. The van der Waals surface area contributed by atoms with Gasteiger partial charge >= 0.3 is 0 Å². The van der Waals surface area contributed by atoms with Crippen molar-refractivity contribution in [1.82, 2.24) is 19.6 Å². The maximum atomic E-state index is 9.60. The summed E-state index contributed by atoms with van der Waals surface area (Å²) in [5, 5.41) is 18.0. The van der Waals surface area contributed by atoms with Gasteiger partial charge in [0.25, 0.3) is 0 Å². The lowest BCUT2D eigenvalue weighted by Gasteiger charge is -2.06. The molecule has 3 aromatic rings. The number of nitrogens with zero attached hydrogens (tertiary/aromatic N) is 4. The first-order valence-corrected chi connectivity index (χ1v) is 8.00. The molecule has 0 radical (unpaired) electrons. The number of unbranched alkanes of at least 4 members (excludes halogenated alkanes) is 1. The molecular formula is C17H18N4OS. The average molecular weight is 326 g/mol. The summed E-state index contributed by atoms with van der Waals surface area (Å²) >= 11 is 5.18. The van der Waals surface area contributed by atoms with Crippen LogP contribution in [0.1, 0.15) is 18.5 Å². The third-order valence-corrected chi connectivity index (χ3v) is 4.09. The summed E-state index contributed by atoms with van der Waals surface area (Å²) in [6, 6.07) is 13.4. The molecule has 5 nitrogen and oxygen atoms in total. The summed E-state index contributed by atoms with van der Waals surface area (Å²) in [5.74, 6) is 0.160. The van der Waals surface area contributed by atoms with Crippen LogP contribution < -0.4 is 0 Å². The number of rotatable bonds is 6. The third-order valence-electron chi connectivity index (χ3n) is 3.64. The molecular weight excluding hydrogens is 308 g/mol. The fourth-order valence-corrected chi connectivity index (χ4v) is 2.63. The van der Waals surface area contributed by atoms with Gasteiger partial charge in [-0.05, 0) is 43.5 Å². The summed E-state index contributed by atoms with van der Waals surface area (Å²) in [4.78, 5) is 0. The van der Waals surface area contributed by atoms with Crippen LogP contribution in [0.15, 0.2) is 54.9 Å². The summed E-state index contributed by atoms with van der Waals surface area (Å²) in [7, 11) is 0. The van der Waals surface area contributed by atoms with Gasteiger partial charge < -0.3 is 9.67 Å². The van der Waals surface area contributed by atoms with Crippen molar-refractivity contribution in [3.63, 3.8) is 0 Å². The highest BCUT2D eigenvalue weighted by molar-refractivity contribution is 7.71. The van der Waals surface area contributed by atoms with Gasteiger partial charge in [-0.2, -0.15) is 0 Å². The van der Waals surface area contributed by atoms with Crippen LogP contribution in [0.4, 0.5) is 0 Å². The van der Waals surface area contributed by atoms with Crippen molar-refractivity contribution in [2.24, 2.45) is 0 Å². The Labute approximate surface area is 139 Å². The van der Waals surface area contributed by atoms with E-state index in [4.69, 9.17) is 12.2 Å². The Morgan fingerprint density at radius 1 is 1.04 bits per heavy atom. The van der Waals surface area contributed by atoms with Gasteiger partial charge in [0, 0.05) is 12.7 Å². The standard InChI is InChI=1S/C17H18N4OS/c22-16-10-6-12-20(17(16)23)11-5-4-7-14-13-21(19-18-14)15-8-2-1-3-9-15/h1-3,6,8-10,12-13,22H,4-5,7,11H2. The van der Waals surface area contributed by atoms with E-state index in [1.807, 2.05) is 47.3 Å². The number of hydrogen-bond donors (Lipinski definition) is 1. The number of benzene rings is 1. The molecule has 0 fully saturated rings. The highest BCUT2D eigenvalue weighted by Gasteiger charge is 2.03. The van der Waals surface area contributed by atoms with Crippen molar-refractivity contribution in [1.29, 1.82) is 0 Å². The normalized spacial score (nSPS) is 10.8. The Hall–Kier alpha value is -2.47. The van der Waals surface area contributed by atoms with E-state index in [1.165, 1.54) is 0 Å². The van der Waals surface area contributed by atoms with E-state index in [1.54, 1.807) is 16.8 Å². The van der Waals surface area contributed by atoms with E-state index in [0.29, 0.717) is 4.64 Å². The van der Waals surface area contributed by atoms with Crippen molar-refractivity contribution in [3.05, 3.63) is 65.2 Å². The molecule has 6 heteroatoms. The number of para-hydroxylation sites is 1. The van der Waals surface area contributed by atoms with E-state index in [0.717, 1.165) is 37.2 Å². The fraction of sp³-hybridized carbons (Fsp3) is 0.235. The predicted molar refractivity (Wildman–Crippen MR) is 91.2 cm³/mol. The molecule has 118 valence electrons. The molecule has 1 N–H and O–H groups in total. The molecule has 0 aliphatic heterocycles. The average Bonchev–Trinajstić information content (AvgIpc) is 3.05. The number of hydrogen-bond acceptors (Lipinski definition) is 4. The van der Waals surface area contributed by atoms with E-state index in [2.05, 4.69) is 10.3 Å². The second-order valence-corrected chi connectivity index (χ2v) is 5.73. The van der Waals surface area contributed by atoms with Gasteiger partial charge in [-0.1, -0.05) is 35.6 Å². The second-order valence-electron chi connectivity index (χ2n) is 5.34. The van der Waals surface area contributed by atoms with Crippen molar-refractivity contribution < 1.29 is 5.11 Å². The molecule has 3 rings (SSSR count). The lowest BCUT2D eigenvalue weighted by molar-refractivity contribution is 0.460. The van der Waals surface area contributed by atoms with Gasteiger partial charge in [-0.15, -0.1) is 5.10 Å². The van der Waals surface area contributed by atoms with Gasteiger partial charge in [-0.3, -0.25) is 0 Å². The van der Waals surface area contributed by atoms with Gasteiger partial charge in [0.1, 0.15) is 10.4 Å². The molecule has 0 amide bonds. The first-order chi connectivity index (χ1) is 11.2. The van der Waals surface area contributed by atoms with Crippen molar-refractivity contribution in [2.75, 3.05) is 0 Å². The van der Waals surface area contributed by atoms with Crippen LogP contribution in [-0.2, 0) is 13.0 Å². The minimum absolute atomic E-state index is 0.160. The highest BCUT2D eigenvalue weighted by atomic mass is 32.1. The SMILES string of the molecule is Oc1cccn(CCCCc2cn(-c3ccccc3)nn2)c1=S. The maximum Gasteiger partial charge on any atom is 0.150 e. The molecule has 0 aliphatic rings. The summed E-state index contributed by atoms with van der Waals surface area (Å²) in [6.45, 7) is 0.792. The zero-order chi connectivity index (χ0) is 16.1. The van der Waals surface area contributed by atoms with Gasteiger partial charge in [0.2, 0.25) is 0 Å². The van der Waals surface area contributed by atoms with Crippen LogP contribution in [0.5, 0.6) is 5.75 Å². The van der Waals surface area contributed by atoms with E-state index < -0.39 is 0 Å². The molecule has 0 aliphatic carbocycles. The molecule has 0 unspecified atom stereocenters. The Morgan fingerprint density at radius 3 is 2.70 bits per heavy atom. The smallest absolute Gasteiger partial charge is 0.150 e. The molecule has 0 saturated carbocycles. The lowest BCUT2D eigenvalue weighted by Crippen LogP contribution is -2.00. The summed E-state index contributed by atoms with van der Waals surface area (Å²) in [6.07, 6.45) is 6.70. The molecule has 23 heavy (non-hydrogen) atoms. The Balaban J connectivity index is 1.53. The molecule has 0 spiro atoms. The zero-order valence-electron chi connectivity index (χ0n) is 12.7. The molecule has 0 atom stereocenters. The Morgan fingerprint density at radius 2 is 1.87 bits per heavy atom. The highest BCUT2D eigenvalue weighted by Crippen LogP contribution is 2.12. The van der Waals surface area contributed by atoms with Crippen molar-refractivity contribution in [2.45, 2.75) is 25.8 Å². The van der Waals surface area contributed by atoms with E-state index in [-0.39, 0.29) is 5.75 Å². The van der Waals surface area contributed by atoms with Crippen LogP contribution in [0, 0.1) is 4.64 Å². The fourth-order valence-electron chi connectivity index (χ4n) is 2.41. The largest absolute Gasteiger partial charge is 0.505 e. The Kier molecular flexibility index (Phi) is 4.83. The molecule has 2 heterocycles. The van der Waals surface area contributed by atoms with Crippen molar-refractivity contribution in [3.8, 4) is 11.4 Å². The quantitative estimate of drug-likeness (QED) is 0.556.